The van der Waals surface area contributed by atoms with E-state index in [0.717, 1.165) is 34.4 Å². The van der Waals surface area contributed by atoms with Crippen molar-refractivity contribution < 1.29 is 0 Å². The average molecular weight is 304 g/mol. The van der Waals surface area contributed by atoms with Gasteiger partial charge in [-0.25, -0.2) is 4.98 Å². The molecule has 0 aliphatic carbocycles. The molecule has 3 aromatic rings. The number of nitrogens with zero attached hydrogens (tertiary/aromatic N) is 5. The van der Waals surface area contributed by atoms with Crippen LogP contribution in [0.15, 0.2) is 24.8 Å². The fourth-order valence-corrected chi connectivity index (χ4v) is 2.94. The van der Waals surface area contributed by atoms with Crippen LogP contribution in [0, 0.1) is 4.77 Å². The Morgan fingerprint density at radius 1 is 1.30 bits per heavy atom. The molecule has 6 nitrogen and oxygen atoms in total. The van der Waals surface area contributed by atoms with Gasteiger partial charge in [-0.15, -0.1) is 11.3 Å². The molecule has 1 N–H and O–H groups in total. The van der Waals surface area contributed by atoms with Gasteiger partial charge in [-0.05, 0) is 18.6 Å². The first-order valence-electron chi connectivity index (χ1n) is 6.17. The Labute approximate surface area is 124 Å². The van der Waals surface area contributed by atoms with Crippen LogP contribution in [0.3, 0.4) is 0 Å². The van der Waals surface area contributed by atoms with Crippen molar-refractivity contribution in [1.82, 2.24) is 29.7 Å². The zero-order valence-electron chi connectivity index (χ0n) is 10.8. The molecule has 3 aromatic heterocycles. The molecule has 0 spiro atoms. The molecule has 3 heterocycles. The highest BCUT2D eigenvalue weighted by Gasteiger charge is 2.13. The zero-order valence-corrected chi connectivity index (χ0v) is 12.4. The van der Waals surface area contributed by atoms with Gasteiger partial charge >= 0.3 is 0 Å². The van der Waals surface area contributed by atoms with E-state index in [9.17, 15) is 0 Å². The van der Waals surface area contributed by atoms with Crippen LogP contribution in [0.5, 0.6) is 0 Å². The SMILES string of the molecule is CCCn1c(-c2cnc(-c3cnccn3)s2)n[nH]c1=S. The number of hydrogen-bond donors (Lipinski definition) is 1. The Hall–Kier alpha value is -1.93. The molecule has 8 heteroatoms. The Kier molecular flexibility index (Phi) is 3.66. The minimum atomic E-state index is 0.635. The van der Waals surface area contributed by atoms with Crippen molar-refractivity contribution >= 4 is 23.6 Å². The molecule has 0 saturated heterocycles. The predicted octanol–water partition coefficient (Wildman–Crippen LogP) is 2.93. The van der Waals surface area contributed by atoms with E-state index in [1.165, 1.54) is 11.3 Å². The first-order valence-corrected chi connectivity index (χ1v) is 7.40. The molecular formula is C12H12N6S2. The van der Waals surface area contributed by atoms with Crippen LogP contribution in [-0.2, 0) is 6.54 Å². The maximum Gasteiger partial charge on any atom is 0.195 e. The van der Waals surface area contributed by atoms with Crippen LogP contribution in [0.4, 0.5) is 0 Å². The highest BCUT2D eigenvalue weighted by Crippen LogP contribution is 2.29. The summed E-state index contributed by atoms with van der Waals surface area (Å²) in [5.74, 6) is 0.824. The molecular weight excluding hydrogens is 292 g/mol. The fourth-order valence-electron chi connectivity index (χ4n) is 1.84. The summed E-state index contributed by atoms with van der Waals surface area (Å²) in [5.41, 5.74) is 0.764. The van der Waals surface area contributed by atoms with Crippen molar-refractivity contribution in [3.8, 4) is 21.4 Å². The van der Waals surface area contributed by atoms with Crippen molar-refractivity contribution in [3.63, 3.8) is 0 Å². The van der Waals surface area contributed by atoms with Gasteiger partial charge in [0.15, 0.2) is 10.6 Å². The Morgan fingerprint density at radius 2 is 2.20 bits per heavy atom. The predicted molar refractivity (Wildman–Crippen MR) is 79.8 cm³/mol. The lowest BCUT2D eigenvalue weighted by Crippen LogP contribution is -1.98. The van der Waals surface area contributed by atoms with Crippen LogP contribution in [0.25, 0.3) is 21.4 Å². The Balaban J connectivity index is 2.01. The molecule has 102 valence electrons. The van der Waals surface area contributed by atoms with Crippen molar-refractivity contribution in [2.24, 2.45) is 0 Å². The standard InChI is InChI=1S/C12H12N6S2/c1-2-5-18-10(16-17-12(18)19)9-7-15-11(20-9)8-6-13-3-4-14-8/h3-4,6-7H,2,5H2,1H3,(H,17,19). The van der Waals surface area contributed by atoms with Crippen molar-refractivity contribution in [1.29, 1.82) is 0 Å². The Bertz CT molecular complexity index is 758. The van der Waals surface area contributed by atoms with E-state index in [1.807, 2.05) is 4.57 Å². The van der Waals surface area contributed by atoms with E-state index in [-0.39, 0.29) is 0 Å². The Morgan fingerprint density at radius 3 is 2.95 bits per heavy atom. The molecule has 0 radical (unpaired) electrons. The topological polar surface area (TPSA) is 72.3 Å². The van der Waals surface area contributed by atoms with Gasteiger partial charge in [-0.2, -0.15) is 5.10 Å². The largest absolute Gasteiger partial charge is 0.299 e. The van der Waals surface area contributed by atoms with Crippen LogP contribution in [0.1, 0.15) is 13.3 Å². The van der Waals surface area contributed by atoms with E-state index in [2.05, 4.69) is 32.1 Å². The molecule has 0 fully saturated rings. The zero-order chi connectivity index (χ0) is 13.9. The van der Waals surface area contributed by atoms with E-state index >= 15 is 0 Å². The highest BCUT2D eigenvalue weighted by molar-refractivity contribution is 7.71. The first kappa shape index (κ1) is 13.1. The summed E-state index contributed by atoms with van der Waals surface area (Å²) in [6.07, 6.45) is 7.79. The number of thiazole rings is 1. The number of aromatic amines is 1. The summed E-state index contributed by atoms with van der Waals surface area (Å²) < 4.78 is 2.62. The fraction of sp³-hybridized carbons (Fsp3) is 0.250. The lowest BCUT2D eigenvalue weighted by molar-refractivity contribution is 0.675. The summed E-state index contributed by atoms with van der Waals surface area (Å²) in [5, 5.41) is 7.95. The van der Waals surface area contributed by atoms with Crippen LogP contribution >= 0.6 is 23.6 Å². The second-order valence-electron chi connectivity index (χ2n) is 4.12. The summed E-state index contributed by atoms with van der Waals surface area (Å²) in [4.78, 5) is 13.7. The van der Waals surface area contributed by atoms with Crippen molar-refractivity contribution in [2.45, 2.75) is 19.9 Å². The van der Waals surface area contributed by atoms with Gasteiger partial charge in [-0.1, -0.05) is 6.92 Å². The van der Waals surface area contributed by atoms with Gasteiger partial charge in [0.25, 0.3) is 0 Å². The van der Waals surface area contributed by atoms with Crippen LogP contribution < -0.4 is 0 Å². The monoisotopic (exact) mass is 304 g/mol. The molecule has 0 bridgehead atoms. The van der Waals surface area contributed by atoms with Crippen molar-refractivity contribution in [2.75, 3.05) is 0 Å². The third kappa shape index (κ3) is 2.39. The van der Waals surface area contributed by atoms with Crippen LogP contribution in [-0.4, -0.2) is 29.7 Å². The number of nitrogens with one attached hydrogen (secondary N) is 1. The third-order valence-electron chi connectivity index (χ3n) is 2.71. The summed E-state index contributed by atoms with van der Waals surface area (Å²) in [6.45, 7) is 2.94. The maximum atomic E-state index is 5.25. The normalized spacial score (nSPS) is 10.8. The van der Waals surface area contributed by atoms with Gasteiger partial charge < -0.3 is 0 Å². The van der Waals surface area contributed by atoms with Crippen molar-refractivity contribution in [3.05, 3.63) is 29.6 Å². The summed E-state index contributed by atoms with van der Waals surface area (Å²) in [7, 11) is 0. The third-order valence-corrected chi connectivity index (χ3v) is 4.04. The second kappa shape index (κ2) is 5.59. The molecule has 0 aromatic carbocycles. The molecule has 0 atom stereocenters. The van der Waals surface area contributed by atoms with Gasteiger partial charge in [-0.3, -0.25) is 19.6 Å². The second-order valence-corrected chi connectivity index (χ2v) is 5.54. The summed E-state index contributed by atoms with van der Waals surface area (Å²) >= 11 is 6.77. The number of hydrogen-bond acceptors (Lipinski definition) is 6. The quantitative estimate of drug-likeness (QED) is 0.750. The summed E-state index contributed by atoms with van der Waals surface area (Å²) in [6, 6.07) is 0. The van der Waals surface area contributed by atoms with Gasteiger partial charge in [0.1, 0.15) is 10.7 Å². The van der Waals surface area contributed by atoms with E-state index < -0.39 is 0 Å². The molecule has 0 aliphatic rings. The molecule has 0 amide bonds. The molecule has 0 aliphatic heterocycles. The minimum absolute atomic E-state index is 0.635. The van der Waals surface area contributed by atoms with E-state index in [4.69, 9.17) is 12.2 Å². The van der Waals surface area contributed by atoms with E-state index in [1.54, 1.807) is 24.8 Å². The number of rotatable bonds is 4. The number of H-pyrrole nitrogens is 1. The van der Waals surface area contributed by atoms with E-state index in [0.29, 0.717) is 4.77 Å². The maximum absolute atomic E-state index is 5.25. The van der Waals surface area contributed by atoms with Crippen LogP contribution in [0.2, 0.25) is 0 Å². The molecule has 0 saturated carbocycles. The smallest absolute Gasteiger partial charge is 0.195 e. The van der Waals surface area contributed by atoms with Gasteiger partial charge in [0.2, 0.25) is 0 Å². The molecule has 20 heavy (non-hydrogen) atoms. The average Bonchev–Trinajstić information content (AvgIpc) is 3.08. The lowest BCUT2D eigenvalue weighted by atomic mass is 10.4. The highest BCUT2D eigenvalue weighted by atomic mass is 32.1. The first-order chi connectivity index (χ1) is 9.79. The van der Waals surface area contributed by atoms with Gasteiger partial charge in [0, 0.05) is 25.1 Å². The van der Waals surface area contributed by atoms with Gasteiger partial charge in [0.05, 0.1) is 11.1 Å². The molecule has 0 unspecified atom stereocenters. The lowest BCUT2D eigenvalue weighted by Gasteiger charge is -2.01. The minimum Gasteiger partial charge on any atom is -0.299 e. The number of aromatic nitrogens is 6. The molecule has 3 rings (SSSR count).